The number of hydrogen-bond acceptors (Lipinski definition) is 8. The fourth-order valence-corrected chi connectivity index (χ4v) is 8.23. The molecule has 43 heavy (non-hydrogen) atoms. The van der Waals surface area contributed by atoms with Crippen molar-refractivity contribution >= 4 is 63.8 Å². The standard InChI is InChI=1S/C30H23ClFN3O6S2/c1-2-41-21-13-15(3-12-20(21)36)23-24-25(28(39)35(27(24)38)19-10-4-16(31)5-11-19)42-29-26(23)43-30(40)34(29)14-22(37)33-18-8-6-17(32)7-9-18/h3-13,23-25,36H,2,14H2,1H3,(H,33,37). The van der Waals surface area contributed by atoms with Gasteiger partial charge in [0.25, 0.3) is 0 Å². The molecule has 2 aliphatic rings. The highest BCUT2D eigenvalue weighted by Gasteiger charge is 2.57. The zero-order valence-corrected chi connectivity index (χ0v) is 24.8. The van der Waals surface area contributed by atoms with E-state index in [-0.39, 0.29) is 24.7 Å². The number of halogens is 2. The van der Waals surface area contributed by atoms with Crippen molar-refractivity contribution in [1.29, 1.82) is 0 Å². The molecule has 1 saturated heterocycles. The van der Waals surface area contributed by atoms with E-state index < -0.39 is 45.5 Å². The lowest BCUT2D eigenvalue weighted by molar-refractivity contribution is -0.122. The molecule has 3 heterocycles. The van der Waals surface area contributed by atoms with Gasteiger partial charge in [-0.2, -0.15) is 0 Å². The predicted molar refractivity (Wildman–Crippen MR) is 162 cm³/mol. The number of carbonyl (C=O) groups excluding carboxylic acids is 3. The van der Waals surface area contributed by atoms with Crippen molar-refractivity contribution in [2.45, 2.75) is 29.7 Å². The van der Waals surface area contributed by atoms with E-state index in [4.69, 9.17) is 16.3 Å². The molecular weight excluding hydrogens is 617 g/mol. The number of anilines is 2. The van der Waals surface area contributed by atoms with Crippen LogP contribution in [-0.4, -0.2) is 39.3 Å². The molecule has 0 saturated carbocycles. The first-order chi connectivity index (χ1) is 20.7. The van der Waals surface area contributed by atoms with Gasteiger partial charge in [0.2, 0.25) is 17.7 Å². The van der Waals surface area contributed by atoms with Crippen molar-refractivity contribution in [2.24, 2.45) is 5.92 Å². The van der Waals surface area contributed by atoms with Gasteiger partial charge in [-0.05, 0) is 73.2 Å². The Morgan fingerprint density at radius 2 is 1.77 bits per heavy atom. The molecule has 9 nitrogen and oxygen atoms in total. The average Bonchev–Trinajstić information content (AvgIpc) is 3.42. The number of hydrogen-bond donors (Lipinski definition) is 2. The molecule has 4 aromatic rings. The number of thiazole rings is 1. The van der Waals surface area contributed by atoms with E-state index >= 15 is 0 Å². The maximum atomic E-state index is 14.0. The molecule has 1 aromatic heterocycles. The van der Waals surface area contributed by atoms with E-state index in [0.717, 1.165) is 28.0 Å². The van der Waals surface area contributed by atoms with Gasteiger partial charge < -0.3 is 15.2 Å². The second-order valence-corrected chi connectivity index (χ2v) is 12.4. The van der Waals surface area contributed by atoms with E-state index in [1.54, 1.807) is 43.3 Å². The van der Waals surface area contributed by atoms with Crippen LogP contribution in [0.15, 0.2) is 76.6 Å². The molecule has 3 aromatic carbocycles. The number of fused-ring (bicyclic) bond motifs is 2. The molecule has 0 aliphatic carbocycles. The van der Waals surface area contributed by atoms with Gasteiger partial charge >= 0.3 is 4.87 Å². The average molecular weight is 640 g/mol. The zero-order valence-electron chi connectivity index (χ0n) is 22.5. The summed E-state index contributed by atoms with van der Waals surface area (Å²) in [6.45, 7) is 1.69. The van der Waals surface area contributed by atoms with Crippen LogP contribution >= 0.6 is 34.7 Å². The van der Waals surface area contributed by atoms with E-state index in [1.807, 2.05) is 0 Å². The minimum Gasteiger partial charge on any atom is -0.504 e. The van der Waals surface area contributed by atoms with Crippen LogP contribution in [0.25, 0.3) is 0 Å². The smallest absolute Gasteiger partial charge is 0.308 e. The van der Waals surface area contributed by atoms with Crippen molar-refractivity contribution < 1.29 is 28.6 Å². The Morgan fingerprint density at radius 1 is 1.05 bits per heavy atom. The van der Waals surface area contributed by atoms with Crippen LogP contribution < -0.4 is 19.8 Å². The molecule has 6 rings (SSSR count). The third-order valence-corrected chi connectivity index (χ3v) is 10.1. The molecule has 0 bridgehead atoms. The highest BCUT2D eigenvalue weighted by atomic mass is 35.5. The molecule has 2 aliphatic heterocycles. The van der Waals surface area contributed by atoms with Crippen LogP contribution in [0.3, 0.4) is 0 Å². The summed E-state index contributed by atoms with van der Waals surface area (Å²) < 4.78 is 20.2. The van der Waals surface area contributed by atoms with Gasteiger partial charge in [0.15, 0.2) is 11.5 Å². The molecule has 3 amide bonds. The summed E-state index contributed by atoms with van der Waals surface area (Å²) in [6, 6.07) is 16.3. The minimum absolute atomic E-state index is 0.0904. The lowest BCUT2D eigenvalue weighted by Crippen LogP contribution is -2.33. The highest BCUT2D eigenvalue weighted by Crippen LogP contribution is 2.54. The van der Waals surface area contributed by atoms with Gasteiger partial charge in [-0.15, -0.1) is 0 Å². The molecule has 220 valence electrons. The van der Waals surface area contributed by atoms with Crippen LogP contribution in [0.4, 0.5) is 15.8 Å². The Balaban J connectivity index is 1.43. The number of amides is 3. The number of benzene rings is 3. The molecular formula is C30H23ClFN3O6S2. The van der Waals surface area contributed by atoms with E-state index in [0.29, 0.717) is 31.9 Å². The van der Waals surface area contributed by atoms with Gasteiger partial charge in [0.1, 0.15) is 17.6 Å². The first-order valence-electron chi connectivity index (χ1n) is 13.2. The van der Waals surface area contributed by atoms with Crippen molar-refractivity contribution in [3.8, 4) is 11.5 Å². The lowest BCUT2D eigenvalue weighted by Gasteiger charge is -2.31. The number of nitrogens with zero attached hydrogens (tertiary/aromatic N) is 2. The summed E-state index contributed by atoms with van der Waals surface area (Å²) in [7, 11) is 0. The molecule has 1 fully saturated rings. The molecule has 0 spiro atoms. The third kappa shape index (κ3) is 5.30. The highest BCUT2D eigenvalue weighted by molar-refractivity contribution is 8.00. The summed E-state index contributed by atoms with van der Waals surface area (Å²) in [5.41, 5.74) is 1.30. The van der Waals surface area contributed by atoms with Gasteiger partial charge in [0.05, 0.1) is 23.2 Å². The molecule has 0 radical (unpaired) electrons. The molecule has 3 unspecified atom stereocenters. The van der Waals surface area contributed by atoms with Crippen molar-refractivity contribution in [2.75, 3.05) is 16.8 Å². The van der Waals surface area contributed by atoms with Crippen LogP contribution in [0.1, 0.15) is 23.3 Å². The van der Waals surface area contributed by atoms with E-state index in [9.17, 15) is 28.7 Å². The van der Waals surface area contributed by atoms with Crippen LogP contribution in [-0.2, 0) is 20.9 Å². The number of nitrogens with one attached hydrogen (secondary N) is 1. The first-order valence-corrected chi connectivity index (χ1v) is 15.3. The third-order valence-electron chi connectivity index (χ3n) is 7.21. The summed E-state index contributed by atoms with van der Waals surface area (Å²) in [4.78, 5) is 55.4. The lowest BCUT2D eigenvalue weighted by atomic mass is 9.83. The molecule has 2 N–H and O–H groups in total. The van der Waals surface area contributed by atoms with Crippen LogP contribution in [0, 0.1) is 11.7 Å². The quantitative estimate of drug-likeness (QED) is 0.266. The Morgan fingerprint density at radius 3 is 2.47 bits per heavy atom. The Bertz CT molecular complexity index is 1810. The van der Waals surface area contributed by atoms with Crippen molar-refractivity contribution in [1.82, 2.24) is 4.57 Å². The number of aromatic hydroxyl groups is 1. The van der Waals surface area contributed by atoms with Crippen molar-refractivity contribution in [3.05, 3.63) is 97.7 Å². The minimum atomic E-state index is -0.898. The Kier molecular flexibility index (Phi) is 7.75. The number of phenolic OH excluding ortho intramolecular Hbond substituents is 1. The number of phenols is 1. The van der Waals surface area contributed by atoms with Crippen LogP contribution in [0.5, 0.6) is 11.5 Å². The Hall–Kier alpha value is -4.13. The number of ether oxygens (including phenoxy) is 1. The van der Waals surface area contributed by atoms with Crippen LogP contribution in [0.2, 0.25) is 5.02 Å². The largest absolute Gasteiger partial charge is 0.504 e. The summed E-state index contributed by atoms with van der Waals surface area (Å²) in [6.07, 6.45) is 0. The SMILES string of the molecule is CCOc1cc(C2c3sc(=O)n(CC(=O)Nc4ccc(F)cc4)c3SC3C(=O)N(c4ccc(Cl)cc4)C(=O)C32)ccc1O. The maximum Gasteiger partial charge on any atom is 0.308 e. The number of thioether (sulfide) groups is 1. The summed E-state index contributed by atoms with van der Waals surface area (Å²) >= 11 is 8.02. The van der Waals surface area contributed by atoms with Gasteiger partial charge in [0, 0.05) is 21.5 Å². The van der Waals surface area contributed by atoms with Gasteiger partial charge in [-0.3, -0.25) is 23.7 Å². The fourth-order valence-electron chi connectivity index (χ4n) is 5.33. The topological polar surface area (TPSA) is 118 Å². The molecule has 3 atom stereocenters. The fraction of sp³-hybridized carbons (Fsp3) is 0.200. The predicted octanol–water partition coefficient (Wildman–Crippen LogP) is 5.24. The summed E-state index contributed by atoms with van der Waals surface area (Å²) in [5, 5.41) is 13.0. The number of aromatic nitrogens is 1. The monoisotopic (exact) mass is 639 g/mol. The number of rotatable bonds is 7. The Labute approximate surface area is 257 Å². The second kappa shape index (κ2) is 11.5. The van der Waals surface area contributed by atoms with Gasteiger partial charge in [-0.25, -0.2) is 9.29 Å². The second-order valence-electron chi connectivity index (χ2n) is 9.87. The maximum absolute atomic E-state index is 14.0. The van der Waals surface area contributed by atoms with E-state index in [2.05, 4.69) is 5.32 Å². The molecule has 13 heteroatoms. The van der Waals surface area contributed by atoms with Gasteiger partial charge in [-0.1, -0.05) is 40.8 Å². The zero-order chi connectivity index (χ0) is 30.4. The number of carbonyl (C=O) groups is 3. The summed E-state index contributed by atoms with van der Waals surface area (Å²) in [5.74, 6) is -3.37. The first kappa shape index (κ1) is 29.0. The van der Waals surface area contributed by atoms with E-state index in [1.165, 1.54) is 34.9 Å². The van der Waals surface area contributed by atoms with Crippen molar-refractivity contribution in [3.63, 3.8) is 0 Å². The normalized spacial score (nSPS) is 19.2. The number of imide groups is 1.